The van der Waals surface area contributed by atoms with E-state index in [2.05, 4.69) is 20.3 Å². The normalized spacial score (nSPS) is 12.4. The molecule has 12 heteroatoms. The van der Waals surface area contributed by atoms with Crippen molar-refractivity contribution in [1.29, 1.82) is 0 Å². The van der Waals surface area contributed by atoms with Gasteiger partial charge in [-0.15, -0.1) is 0 Å². The Balaban J connectivity index is 0.000000662. The minimum atomic E-state index is -0.438. The summed E-state index contributed by atoms with van der Waals surface area (Å²) in [4.78, 5) is 47.2. The smallest absolute Gasteiger partial charge is 0.332 e. The van der Waals surface area contributed by atoms with Crippen molar-refractivity contribution in [3.8, 4) is 0 Å². The van der Waals surface area contributed by atoms with Crippen LogP contribution in [0.3, 0.4) is 0 Å². The third-order valence-electron chi connectivity index (χ3n) is 6.39. The number of aromatic nitrogens is 6. The monoisotopic (exact) mass is 551 g/mol. The lowest BCUT2D eigenvalue weighted by Crippen LogP contribution is -2.39. The van der Waals surface area contributed by atoms with Crippen molar-refractivity contribution in [3.05, 3.63) is 79.8 Å². The molecule has 0 bridgehead atoms. The topological polar surface area (TPSA) is 140 Å². The number of anilines is 2. The maximum Gasteiger partial charge on any atom is 0.332 e. The van der Waals surface area contributed by atoms with E-state index >= 15 is 0 Å². The van der Waals surface area contributed by atoms with Crippen molar-refractivity contribution in [2.45, 2.75) is 39.2 Å². The predicted molar refractivity (Wildman–Crippen MR) is 152 cm³/mol. The fraction of sp³-hybridized carbons (Fsp3) is 0.296. The highest BCUT2D eigenvalue weighted by molar-refractivity contribution is 6.35. The zero-order chi connectivity index (χ0) is 28.3. The number of fused-ring (bicyclic) bond motifs is 2. The summed E-state index contributed by atoms with van der Waals surface area (Å²) in [5, 5.41) is 11.6. The largest absolute Gasteiger partial charge is 0.483 e. The minimum absolute atomic E-state index is 0.0928. The van der Waals surface area contributed by atoms with Gasteiger partial charge < -0.3 is 20.0 Å². The van der Waals surface area contributed by atoms with Crippen LogP contribution in [-0.2, 0) is 25.4 Å². The first-order valence-corrected chi connectivity index (χ1v) is 12.9. The number of nitrogens with zero attached hydrogens (tertiary/aromatic N) is 5. The quantitative estimate of drug-likeness (QED) is 0.276. The Morgan fingerprint density at radius 1 is 1.15 bits per heavy atom. The molecule has 39 heavy (non-hydrogen) atoms. The average molecular weight is 552 g/mol. The first kappa shape index (κ1) is 27.6. The summed E-state index contributed by atoms with van der Waals surface area (Å²) in [5.41, 5.74) is 3.29. The molecule has 6 rings (SSSR count). The van der Waals surface area contributed by atoms with E-state index in [1.807, 2.05) is 44.2 Å². The lowest BCUT2D eigenvalue weighted by molar-refractivity contribution is -0.122. The summed E-state index contributed by atoms with van der Waals surface area (Å²) in [7, 11) is 3.39. The Kier molecular flexibility index (Phi) is 8.20. The number of imidazole rings is 1. The summed E-state index contributed by atoms with van der Waals surface area (Å²) in [6.07, 6.45) is 4.09. The molecule has 4 heterocycles. The molecule has 0 radical (unpaired) electrons. The van der Waals surface area contributed by atoms with Gasteiger partial charge in [0.15, 0.2) is 11.2 Å². The maximum absolute atomic E-state index is 13.4. The Hall–Kier alpha value is -4.38. The summed E-state index contributed by atoms with van der Waals surface area (Å²) in [6, 6.07) is 11.3. The van der Waals surface area contributed by atoms with Gasteiger partial charge in [0.2, 0.25) is 5.95 Å². The molecule has 1 aliphatic rings. The Morgan fingerprint density at radius 3 is 2.54 bits per heavy atom. The number of rotatable bonds is 5. The van der Waals surface area contributed by atoms with Crippen molar-refractivity contribution in [1.82, 2.24) is 28.7 Å². The van der Waals surface area contributed by atoms with Crippen molar-refractivity contribution >= 4 is 51.8 Å². The molecule has 4 aromatic heterocycles. The summed E-state index contributed by atoms with van der Waals surface area (Å²) >= 11 is 6.28. The van der Waals surface area contributed by atoms with Crippen LogP contribution in [0.25, 0.3) is 22.1 Å². The number of pyridine rings is 1. The highest BCUT2D eigenvalue weighted by Gasteiger charge is 2.25. The fourth-order valence-electron chi connectivity index (χ4n) is 4.38. The van der Waals surface area contributed by atoms with Gasteiger partial charge in [0.05, 0.1) is 6.54 Å². The standard InChI is InChI=1S/C24H22ClN7O2.C2H6.CH2O2/c1-30-20-21(29-23(30)28-14-8-9-26-19(11-14)13-6-7-13)31(2)24(34)32(22(20)33)12-15-10-16-17(25)4-3-5-18(16)27-15;1-2;2-1-3/h3-5,8-11,13,27H,6-7,12H2,1-2H3,(H,26,28,29);1-2H3;1H,(H,2,3). The molecular weight excluding hydrogens is 522 g/mol. The zero-order valence-electron chi connectivity index (χ0n) is 22.1. The number of nitrogens with one attached hydrogen (secondary N) is 2. The number of benzene rings is 1. The predicted octanol–water partition coefficient (Wildman–Crippen LogP) is 4.36. The van der Waals surface area contributed by atoms with E-state index in [-0.39, 0.29) is 13.0 Å². The van der Waals surface area contributed by atoms with Gasteiger partial charge in [-0.1, -0.05) is 31.5 Å². The number of carbonyl (C=O) groups is 1. The van der Waals surface area contributed by atoms with Gasteiger partial charge in [-0.2, -0.15) is 4.98 Å². The summed E-state index contributed by atoms with van der Waals surface area (Å²) < 4.78 is 4.30. The van der Waals surface area contributed by atoms with Crippen LogP contribution in [0.15, 0.2) is 52.2 Å². The van der Waals surface area contributed by atoms with E-state index in [0.29, 0.717) is 33.7 Å². The third kappa shape index (κ3) is 5.44. The van der Waals surface area contributed by atoms with Gasteiger partial charge >= 0.3 is 5.69 Å². The number of carboxylic acid groups (broad SMARTS) is 1. The number of halogens is 1. The lowest BCUT2D eigenvalue weighted by Gasteiger charge is -2.08. The van der Waals surface area contributed by atoms with Gasteiger partial charge in [-0.05, 0) is 43.2 Å². The Labute approximate surface area is 228 Å². The van der Waals surface area contributed by atoms with E-state index < -0.39 is 11.2 Å². The molecule has 0 saturated heterocycles. The number of hydrogen-bond acceptors (Lipinski definition) is 6. The molecule has 0 aliphatic heterocycles. The van der Waals surface area contributed by atoms with Crippen LogP contribution in [0.2, 0.25) is 5.02 Å². The highest BCUT2D eigenvalue weighted by Crippen LogP contribution is 2.39. The molecule has 1 fully saturated rings. The van der Waals surface area contributed by atoms with Crippen LogP contribution < -0.4 is 16.6 Å². The molecule has 5 aromatic rings. The maximum atomic E-state index is 13.4. The van der Waals surface area contributed by atoms with Crippen LogP contribution in [0, 0.1) is 0 Å². The van der Waals surface area contributed by atoms with Crippen LogP contribution in [-0.4, -0.2) is 40.2 Å². The molecule has 1 aliphatic carbocycles. The molecular formula is C27H30ClN7O4. The molecule has 0 spiro atoms. The molecule has 0 unspecified atom stereocenters. The van der Waals surface area contributed by atoms with Crippen LogP contribution >= 0.6 is 11.6 Å². The van der Waals surface area contributed by atoms with Crippen molar-refractivity contribution < 1.29 is 9.90 Å². The molecule has 3 N–H and O–H groups in total. The number of hydrogen-bond donors (Lipinski definition) is 3. The van der Waals surface area contributed by atoms with Gasteiger partial charge in [0.1, 0.15) is 0 Å². The first-order chi connectivity index (χ1) is 18.8. The molecule has 1 aromatic carbocycles. The van der Waals surface area contributed by atoms with Gasteiger partial charge in [0.25, 0.3) is 12.0 Å². The second-order valence-corrected chi connectivity index (χ2v) is 9.28. The van der Waals surface area contributed by atoms with E-state index in [1.165, 1.54) is 9.13 Å². The number of aromatic amines is 1. The molecule has 11 nitrogen and oxygen atoms in total. The van der Waals surface area contributed by atoms with Crippen molar-refractivity contribution in [2.24, 2.45) is 14.1 Å². The van der Waals surface area contributed by atoms with Gasteiger partial charge in [0, 0.05) is 59.2 Å². The molecule has 1 saturated carbocycles. The lowest BCUT2D eigenvalue weighted by atomic mass is 10.2. The minimum Gasteiger partial charge on any atom is -0.483 e. The van der Waals surface area contributed by atoms with E-state index in [9.17, 15) is 9.59 Å². The molecule has 0 amide bonds. The van der Waals surface area contributed by atoms with Crippen LogP contribution in [0.1, 0.15) is 44.0 Å². The van der Waals surface area contributed by atoms with Crippen LogP contribution in [0.4, 0.5) is 11.6 Å². The number of H-pyrrole nitrogens is 1. The molecule has 0 atom stereocenters. The summed E-state index contributed by atoms with van der Waals surface area (Å²) in [6.45, 7) is 3.84. The third-order valence-corrected chi connectivity index (χ3v) is 6.72. The van der Waals surface area contributed by atoms with Crippen molar-refractivity contribution in [2.75, 3.05) is 5.32 Å². The zero-order valence-corrected chi connectivity index (χ0v) is 22.9. The van der Waals surface area contributed by atoms with Gasteiger partial charge in [-0.25, -0.2) is 4.79 Å². The molecule has 204 valence electrons. The summed E-state index contributed by atoms with van der Waals surface area (Å²) in [5.74, 6) is 1.000. The Morgan fingerprint density at radius 2 is 1.87 bits per heavy atom. The average Bonchev–Trinajstić information content (AvgIpc) is 3.62. The first-order valence-electron chi connectivity index (χ1n) is 12.6. The second kappa shape index (κ2) is 11.6. The van der Waals surface area contributed by atoms with Gasteiger partial charge in [-0.3, -0.25) is 23.7 Å². The second-order valence-electron chi connectivity index (χ2n) is 8.87. The van der Waals surface area contributed by atoms with Crippen LogP contribution in [0.5, 0.6) is 0 Å². The van der Waals surface area contributed by atoms with Crippen molar-refractivity contribution in [3.63, 3.8) is 0 Å². The SMILES string of the molecule is CC.Cn1c(Nc2ccnc(C3CC3)c2)nc2c1c(=O)n(Cc1cc3c(Cl)cccc3[nH]1)c(=O)n2C.O=CO. The highest BCUT2D eigenvalue weighted by atomic mass is 35.5. The Bertz CT molecular complexity index is 1760. The number of aryl methyl sites for hydroxylation is 2. The van der Waals surface area contributed by atoms with E-state index in [4.69, 9.17) is 21.5 Å². The van der Waals surface area contributed by atoms with E-state index in [1.54, 1.807) is 30.9 Å². The fourth-order valence-corrected chi connectivity index (χ4v) is 4.61. The van der Waals surface area contributed by atoms with E-state index in [0.717, 1.165) is 35.1 Å².